The van der Waals surface area contributed by atoms with E-state index < -0.39 is 0 Å². The summed E-state index contributed by atoms with van der Waals surface area (Å²) in [6.07, 6.45) is 5.54. The molecule has 13 heavy (non-hydrogen) atoms. The predicted octanol–water partition coefficient (Wildman–Crippen LogP) is 1.87. The summed E-state index contributed by atoms with van der Waals surface area (Å²) in [5.41, 5.74) is 0. The van der Waals surface area contributed by atoms with Crippen LogP contribution >= 0.6 is 11.6 Å². The molecule has 0 aromatic heterocycles. The molecule has 1 aliphatic carbocycles. The van der Waals surface area contributed by atoms with Gasteiger partial charge in [-0.3, -0.25) is 4.90 Å². The van der Waals surface area contributed by atoms with Crippen molar-refractivity contribution in [1.82, 2.24) is 4.90 Å². The van der Waals surface area contributed by atoms with Gasteiger partial charge in [0.2, 0.25) is 0 Å². The van der Waals surface area contributed by atoms with Crippen molar-refractivity contribution in [2.24, 2.45) is 0 Å². The molecule has 0 aromatic carbocycles. The second kappa shape index (κ2) is 4.63. The molecule has 1 saturated carbocycles. The van der Waals surface area contributed by atoms with Crippen molar-refractivity contribution < 1.29 is 4.74 Å². The van der Waals surface area contributed by atoms with Crippen molar-refractivity contribution in [3.05, 3.63) is 0 Å². The summed E-state index contributed by atoms with van der Waals surface area (Å²) in [5.74, 6) is 0.719. The van der Waals surface area contributed by atoms with Crippen LogP contribution in [0.15, 0.2) is 0 Å². The number of morpholine rings is 1. The molecule has 2 rings (SSSR count). The average Bonchev–Trinajstić information content (AvgIpc) is 2.70. The van der Waals surface area contributed by atoms with Gasteiger partial charge in [-0.1, -0.05) is 12.8 Å². The summed E-state index contributed by atoms with van der Waals surface area (Å²) < 4.78 is 5.44. The number of hydrogen-bond acceptors (Lipinski definition) is 2. The Labute approximate surface area is 85.2 Å². The molecule has 1 atom stereocenters. The molecule has 0 aromatic rings. The lowest BCUT2D eigenvalue weighted by molar-refractivity contribution is -0.0192. The van der Waals surface area contributed by atoms with E-state index in [2.05, 4.69) is 4.90 Å². The van der Waals surface area contributed by atoms with Crippen molar-refractivity contribution in [2.75, 3.05) is 25.6 Å². The van der Waals surface area contributed by atoms with Gasteiger partial charge in [-0.05, 0) is 12.8 Å². The Kier molecular flexibility index (Phi) is 3.47. The summed E-state index contributed by atoms with van der Waals surface area (Å²) >= 11 is 5.93. The third kappa shape index (κ3) is 2.17. The summed E-state index contributed by atoms with van der Waals surface area (Å²) in [5, 5.41) is 0. The van der Waals surface area contributed by atoms with E-state index in [1.54, 1.807) is 0 Å². The molecule has 1 saturated heterocycles. The highest BCUT2D eigenvalue weighted by atomic mass is 35.5. The molecule has 2 fully saturated rings. The SMILES string of the molecule is ClCC1COCCN1C1CCCC1. The number of halogens is 1. The summed E-state index contributed by atoms with van der Waals surface area (Å²) in [6.45, 7) is 2.81. The quantitative estimate of drug-likeness (QED) is 0.636. The number of rotatable bonds is 2. The van der Waals surface area contributed by atoms with E-state index in [9.17, 15) is 0 Å². The minimum atomic E-state index is 0.471. The second-order valence-electron chi connectivity index (χ2n) is 4.06. The van der Waals surface area contributed by atoms with Crippen LogP contribution < -0.4 is 0 Å². The summed E-state index contributed by atoms with van der Waals surface area (Å²) in [4.78, 5) is 2.57. The van der Waals surface area contributed by atoms with Crippen molar-refractivity contribution >= 4 is 11.6 Å². The molecule has 1 aliphatic heterocycles. The highest BCUT2D eigenvalue weighted by Crippen LogP contribution is 2.26. The molecule has 1 heterocycles. The van der Waals surface area contributed by atoms with Crippen LogP contribution in [0.1, 0.15) is 25.7 Å². The van der Waals surface area contributed by atoms with Crippen LogP contribution in [0.5, 0.6) is 0 Å². The summed E-state index contributed by atoms with van der Waals surface area (Å²) in [7, 11) is 0. The molecule has 0 bridgehead atoms. The topological polar surface area (TPSA) is 12.5 Å². The Balaban J connectivity index is 1.93. The number of nitrogens with zero attached hydrogens (tertiary/aromatic N) is 1. The lowest BCUT2D eigenvalue weighted by Crippen LogP contribution is -2.50. The van der Waals surface area contributed by atoms with Crippen LogP contribution in [0.4, 0.5) is 0 Å². The van der Waals surface area contributed by atoms with Gasteiger partial charge < -0.3 is 4.74 Å². The Morgan fingerprint density at radius 2 is 2.08 bits per heavy atom. The van der Waals surface area contributed by atoms with Gasteiger partial charge in [0.1, 0.15) is 0 Å². The molecular formula is C10H18ClNO. The van der Waals surface area contributed by atoms with E-state index in [-0.39, 0.29) is 0 Å². The largest absolute Gasteiger partial charge is 0.378 e. The van der Waals surface area contributed by atoms with E-state index in [0.29, 0.717) is 6.04 Å². The molecule has 1 unspecified atom stereocenters. The maximum Gasteiger partial charge on any atom is 0.0634 e. The summed E-state index contributed by atoms with van der Waals surface area (Å²) in [6, 6.07) is 1.27. The van der Waals surface area contributed by atoms with Gasteiger partial charge in [0.05, 0.1) is 13.2 Å². The van der Waals surface area contributed by atoms with Gasteiger partial charge >= 0.3 is 0 Å². The molecule has 0 amide bonds. The van der Waals surface area contributed by atoms with E-state index in [1.807, 2.05) is 0 Å². The van der Waals surface area contributed by atoms with Gasteiger partial charge in [0, 0.05) is 24.5 Å². The smallest absolute Gasteiger partial charge is 0.0634 e. The maximum absolute atomic E-state index is 5.93. The Morgan fingerprint density at radius 3 is 2.77 bits per heavy atom. The Hall–Kier alpha value is 0.210. The van der Waals surface area contributed by atoms with Crippen LogP contribution in [0, 0.1) is 0 Å². The van der Waals surface area contributed by atoms with Crippen molar-refractivity contribution in [1.29, 1.82) is 0 Å². The zero-order valence-corrected chi connectivity index (χ0v) is 8.80. The highest BCUT2D eigenvalue weighted by molar-refractivity contribution is 6.18. The number of hydrogen-bond donors (Lipinski definition) is 0. The van der Waals surface area contributed by atoms with Gasteiger partial charge in [0.25, 0.3) is 0 Å². The third-order valence-corrected chi connectivity index (χ3v) is 3.60. The van der Waals surface area contributed by atoms with Crippen LogP contribution in [0.3, 0.4) is 0 Å². The van der Waals surface area contributed by atoms with E-state index in [1.165, 1.54) is 25.7 Å². The maximum atomic E-state index is 5.93. The Morgan fingerprint density at radius 1 is 1.31 bits per heavy atom. The van der Waals surface area contributed by atoms with Crippen LogP contribution in [0.25, 0.3) is 0 Å². The predicted molar refractivity (Wildman–Crippen MR) is 54.3 cm³/mol. The fourth-order valence-corrected chi connectivity index (χ4v) is 2.78. The molecule has 2 aliphatic rings. The van der Waals surface area contributed by atoms with E-state index >= 15 is 0 Å². The zero-order chi connectivity index (χ0) is 9.10. The fraction of sp³-hybridized carbons (Fsp3) is 1.00. The van der Waals surface area contributed by atoms with Crippen molar-refractivity contribution in [3.63, 3.8) is 0 Å². The lowest BCUT2D eigenvalue weighted by Gasteiger charge is -2.38. The molecule has 0 N–H and O–H groups in total. The molecule has 2 nitrogen and oxygen atoms in total. The first-order chi connectivity index (χ1) is 6.42. The van der Waals surface area contributed by atoms with Gasteiger partial charge in [0.15, 0.2) is 0 Å². The van der Waals surface area contributed by atoms with E-state index in [4.69, 9.17) is 16.3 Å². The molecule has 0 spiro atoms. The van der Waals surface area contributed by atoms with Crippen LogP contribution in [-0.4, -0.2) is 42.6 Å². The first-order valence-electron chi connectivity index (χ1n) is 5.31. The van der Waals surface area contributed by atoms with E-state index in [0.717, 1.165) is 31.7 Å². The van der Waals surface area contributed by atoms with Gasteiger partial charge in [-0.15, -0.1) is 11.6 Å². The Bertz CT molecular complexity index is 157. The molecule has 0 radical (unpaired) electrons. The lowest BCUT2D eigenvalue weighted by atomic mass is 10.1. The average molecular weight is 204 g/mol. The third-order valence-electron chi connectivity index (χ3n) is 3.24. The molecular weight excluding hydrogens is 186 g/mol. The van der Waals surface area contributed by atoms with Crippen molar-refractivity contribution in [3.8, 4) is 0 Å². The molecule has 76 valence electrons. The first-order valence-corrected chi connectivity index (χ1v) is 5.84. The normalized spacial score (nSPS) is 32.5. The minimum Gasteiger partial charge on any atom is -0.378 e. The van der Waals surface area contributed by atoms with Crippen LogP contribution in [-0.2, 0) is 4.74 Å². The van der Waals surface area contributed by atoms with Gasteiger partial charge in [-0.2, -0.15) is 0 Å². The minimum absolute atomic E-state index is 0.471. The standard InChI is InChI=1S/C10H18ClNO/c11-7-10-8-13-6-5-12(10)9-3-1-2-4-9/h9-10H,1-8H2. The first kappa shape index (κ1) is 9.75. The van der Waals surface area contributed by atoms with Crippen LogP contribution in [0.2, 0.25) is 0 Å². The second-order valence-corrected chi connectivity index (χ2v) is 4.37. The van der Waals surface area contributed by atoms with Crippen molar-refractivity contribution in [2.45, 2.75) is 37.8 Å². The highest BCUT2D eigenvalue weighted by Gasteiger charge is 2.30. The molecule has 3 heteroatoms. The monoisotopic (exact) mass is 203 g/mol. The number of alkyl halides is 1. The number of ether oxygens (including phenoxy) is 1. The zero-order valence-electron chi connectivity index (χ0n) is 8.04. The fourth-order valence-electron chi connectivity index (χ4n) is 2.52. The van der Waals surface area contributed by atoms with Gasteiger partial charge in [-0.25, -0.2) is 0 Å².